The summed E-state index contributed by atoms with van der Waals surface area (Å²) in [5.41, 5.74) is 3.94. The quantitative estimate of drug-likeness (QED) is 0.102. The number of carboxylic acid groups (broad SMARTS) is 1. The summed E-state index contributed by atoms with van der Waals surface area (Å²) in [6.07, 6.45) is 1.58. The number of aromatic carboxylic acids is 1. The second-order valence-corrected chi connectivity index (χ2v) is 14.7. The smallest absolute Gasteiger partial charge is 0.355 e. The van der Waals surface area contributed by atoms with E-state index in [1.165, 1.54) is 28.7 Å². The molecule has 2 N–H and O–H groups in total. The highest BCUT2D eigenvalue weighted by molar-refractivity contribution is 7.22. The fourth-order valence-electron chi connectivity index (χ4n) is 5.93. The lowest BCUT2D eigenvalue weighted by Crippen LogP contribution is -2.32. The van der Waals surface area contributed by atoms with Crippen LogP contribution >= 0.6 is 22.7 Å². The van der Waals surface area contributed by atoms with Gasteiger partial charge in [-0.05, 0) is 79.8 Å². The van der Waals surface area contributed by atoms with Gasteiger partial charge in [0.25, 0.3) is 5.91 Å². The lowest BCUT2D eigenvalue weighted by atomic mass is 9.94. The van der Waals surface area contributed by atoms with Crippen molar-refractivity contribution in [2.45, 2.75) is 39.7 Å². The van der Waals surface area contributed by atoms with Gasteiger partial charge < -0.3 is 14.7 Å². The highest BCUT2D eigenvalue weighted by Gasteiger charge is 2.27. The van der Waals surface area contributed by atoms with Gasteiger partial charge in [0.05, 0.1) is 23.4 Å². The minimum Gasteiger partial charge on any atom is -0.491 e. The highest BCUT2D eigenvalue weighted by Crippen LogP contribution is 2.33. The van der Waals surface area contributed by atoms with Gasteiger partial charge in [-0.1, -0.05) is 61.3 Å². The molecule has 2 aromatic heterocycles. The topological polar surface area (TPSA) is 108 Å². The molecule has 3 heterocycles. The normalized spacial score (nSPS) is 12.6. The number of hydrogen-bond donors (Lipinski definition) is 2. The molecule has 0 radical (unpaired) electrons. The number of carbonyl (C=O) groups is 2. The number of fused-ring (bicyclic) bond motifs is 2. The molecule has 5 aromatic rings. The predicted octanol–water partition coefficient (Wildman–Crippen LogP) is 7.36. The van der Waals surface area contributed by atoms with Crippen molar-refractivity contribution in [1.82, 2.24) is 14.9 Å². The number of para-hydroxylation sites is 1. The largest absolute Gasteiger partial charge is 0.491 e. The first-order valence-corrected chi connectivity index (χ1v) is 18.1. The summed E-state index contributed by atoms with van der Waals surface area (Å²) in [6.45, 7) is 7.11. The van der Waals surface area contributed by atoms with Crippen molar-refractivity contribution in [2.24, 2.45) is 5.92 Å². The van der Waals surface area contributed by atoms with Crippen LogP contribution in [0.5, 0.6) is 5.75 Å². The Morgan fingerprint density at radius 2 is 1.96 bits per heavy atom. The Kier molecular flexibility index (Phi) is 11.1. The zero-order valence-corrected chi connectivity index (χ0v) is 29.8. The number of thiazole rings is 2. The number of aryl methyl sites for hydroxylation is 1. The summed E-state index contributed by atoms with van der Waals surface area (Å²) >= 11 is 2.75. The summed E-state index contributed by atoms with van der Waals surface area (Å²) < 4.78 is 21.5. The number of hydrogen-bond acceptors (Lipinski definition) is 9. The number of amides is 1. The number of benzene rings is 3. The number of aromatic nitrogens is 2. The Labute approximate surface area is 298 Å². The molecule has 6 rings (SSSR count). The van der Waals surface area contributed by atoms with Crippen molar-refractivity contribution < 1.29 is 23.8 Å². The van der Waals surface area contributed by atoms with Crippen LogP contribution in [0.15, 0.2) is 60.7 Å². The average Bonchev–Trinajstić information content (AvgIpc) is 3.71. The number of ether oxygens (including phenoxy) is 1. The lowest BCUT2D eigenvalue weighted by Gasteiger charge is -2.29. The molecule has 3 aromatic carbocycles. The van der Waals surface area contributed by atoms with Gasteiger partial charge in [-0.15, -0.1) is 11.3 Å². The molecule has 0 unspecified atom stereocenters. The van der Waals surface area contributed by atoms with Crippen LogP contribution in [0, 0.1) is 23.6 Å². The third kappa shape index (κ3) is 8.48. The van der Waals surface area contributed by atoms with Gasteiger partial charge >= 0.3 is 5.97 Å². The SMILES string of the molecule is CC(C)CN(C)CC#Cc1ccc(OCCCc2sc(N3CCc4cccc(C(=O)Nc5nc6ccccc6s5)c4C3)nc2C(=O)O)c(F)c1. The number of rotatable bonds is 12. The minimum absolute atomic E-state index is 0.00538. The summed E-state index contributed by atoms with van der Waals surface area (Å²) in [5, 5.41) is 14.0. The van der Waals surface area contributed by atoms with E-state index in [2.05, 4.69) is 45.9 Å². The molecular weight excluding hydrogens is 674 g/mol. The van der Waals surface area contributed by atoms with Gasteiger partial charge in [-0.2, -0.15) is 0 Å². The molecule has 1 amide bonds. The number of nitrogens with zero attached hydrogens (tertiary/aromatic N) is 4. The van der Waals surface area contributed by atoms with E-state index in [4.69, 9.17) is 4.74 Å². The number of halogens is 1. The fourth-order valence-corrected chi connectivity index (χ4v) is 7.91. The van der Waals surface area contributed by atoms with E-state index < -0.39 is 11.8 Å². The first kappa shape index (κ1) is 35.0. The third-order valence-corrected chi connectivity index (χ3v) is 10.3. The maximum atomic E-state index is 14.8. The third-order valence-electron chi connectivity index (χ3n) is 8.19. The molecule has 0 aliphatic carbocycles. The molecule has 0 bridgehead atoms. The van der Waals surface area contributed by atoms with Crippen LogP contribution in [0.2, 0.25) is 0 Å². The summed E-state index contributed by atoms with van der Waals surface area (Å²) in [7, 11) is 2.01. The first-order valence-electron chi connectivity index (χ1n) is 16.5. The highest BCUT2D eigenvalue weighted by atomic mass is 32.1. The van der Waals surface area contributed by atoms with E-state index in [0.717, 1.165) is 27.9 Å². The molecular formula is C38H38FN5O4S2. The molecule has 50 heavy (non-hydrogen) atoms. The number of nitrogens with one attached hydrogen (secondary N) is 1. The van der Waals surface area contributed by atoms with Gasteiger partial charge in [0.2, 0.25) is 0 Å². The van der Waals surface area contributed by atoms with E-state index in [-0.39, 0.29) is 24.0 Å². The van der Waals surface area contributed by atoms with E-state index in [9.17, 15) is 19.1 Å². The Balaban J connectivity index is 1.07. The summed E-state index contributed by atoms with van der Waals surface area (Å²) in [5.74, 6) is 4.93. The van der Waals surface area contributed by atoms with Crippen LogP contribution in [-0.4, -0.2) is 65.1 Å². The standard InChI is InChI=1S/C38H38FN5O4S2/c1-24(2)22-43(3)18-7-9-25-15-16-31(29(39)21-25)48-20-8-14-33-34(36(46)47)41-38(50-33)44-19-17-26-10-6-11-27(28(26)23-44)35(45)42-37-40-30-12-4-5-13-32(30)49-37/h4-6,10-13,15-16,21,24H,8,14,17-20,22-23H2,1-3H3,(H,46,47)(H,40,42,45). The summed E-state index contributed by atoms with van der Waals surface area (Å²) in [6, 6.07) is 18.1. The molecule has 9 nitrogen and oxygen atoms in total. The molecule has 1 aliphatic rings. The van der Waals surface area contributed by atoms with Gasteiger partial charge in [0.15, 0.2) is 27.5 Å². The van der Waals surface area contributed by atoms with E-state index in [1.807, 2.05) is 48.3 Å². The second kappa shape index (κ2) is 15.8. The van der Waals surface area contributed by atoms with Crippen LogP contribution in [0.3, 0.4) is 0 Å². The molecule has 0 fully saturated rings. The van der Waals surface area contributed by atoms with Crippen LogP contribution in [0.1, 0.15) is 62.7 Å². The van der Waals surface area contributed by atoms with E-state index in [1.54, 1.807) is 18.2 Å². The molecule has 0 saturated heterocycles. The zero-order chi connectivity index (χ0) is 35.2. The summed E-state index contributed by atoms with van der Waals surface area (Å²) in [4.78, 5) is 39.4. The molecule has 0 saturated carbocycles. The van der Waals surface area contributed by atoms with Crippen LogP contribution < -0.4 is 15.0 Å². The van der Waals surface area contributed by atoms with E-state index >= 15 is 0 Å². The Bertz CT molecular complexity index is 2050. The van der Waals surface area contributed by atoms with Crippen molar-refractivity contribution in [3.63, 3.8) is 0 Å². The van der Waals surface area contributed by atoms with Crippen molar-refractivity contribution in [3.8, 4) is 17.6 Å². The Morgan fingerprint density at radius 3 is 2.74 bits per heavy atom. The van der Waals surface area contributed by atoms with Crippen LogP contribution in [-0.2, 0) is 19.4 Å². The Morgan fingerprint density at radius 1 is 1.12 bits per heavy atom. The van der Waals surface area contributed by atoms with Crippen molar-refractivity contribution in [3.05, 3.63) is 99.3 Å². The molecule has 0 atom stereocenters. The monoisotopic (exact) mass is 711 g/mol. The molecule has 1 aliphatic heterocycles. The van der Waals surface area contributed by atoms with Crippen LogP contribution in [0.25, 0.3) is 10.2 Å². The van der Waals surface area contributed by atoms with Gasteiger partial charge in [-0.25, -0.2) is 19.2 Å². The maximum Gasteiger partial charge on any atom is 0.355 e. The number of anilines is 2. The van der Waals surface area contributed by atoms with Gasteiger partial charge in [0.1, 0.15) is 0 Å². The number of carboxylic acids is 1. The number of carbonyl (C=O) groups excluding carboxylic acids is 1. The van der Waals surface area contributed by atoms with E-state index in [0.29, 0.717) is 71.1 Å². The predicted molar refractivity (Wildman–Crippen MR) is 197 cm³/mol. The molecule has 258 valence electrons. The minimum atomic E-state index is -1.10. The van der Waals surface area contributed by atoms with Gasteiger partial charge in [-0.3, -0.25) is 15.0 Å². The molecule has 0 spiro atoms. The fraction of sp³-hybridized carbons (Fsp3) is 0.316. The van der Waals surface area contributed by atoms with Gasteiger partial charge in [0, 0.05) is 35.6 Å². The molecule has 12 heteroatoms. The van der Waals surface area contributed by atoms with Crippen LogP contribution in [0.4, 0.5) is 14.7 Å². The Hall–Kier alpha value is -4.83. The van der Waals surface area contributed by atoms with Crippen molar-refractivity contribution in [1.29, 1.82) is 0 Å². The average molecular weight is 712 g/mol. The lowest BCUT2D eigenvalue weighted by molar-refractivity contribution is 0.0690. The zero-order valence-electron chi connectivity index (χ0n) is 28.2. The van der Waals surface area contributed by atoms with Crippen molar-refractivity contribution in [2.75, 3.05) is 43.5 Å². The first-order chi connectivity index (χ1) is 24.1. The van der Waals surface area contributed by atoms with Crippen molar-refractivity contribution >= 4 is 55.0 Å². The second-order valence-electron chi connectivity index (χ2n) is 12.6. The maximum absolute atomic E-state index is 14.8.